The van der Waals surface area contributed by atoms with E-state index < -0.39 is 0 Å². The minimum atomic E-state index is -0.0228. The summed E-state index contributed by atoms with van der Waals surface area (Å²) in [7, 11) is 0. The summed E-state index contributed by atoms with van der Waals surface area (Å²) < 4.78 is 0. The standard InChI is InChI=1S/C19H27N3O2S2/c1-2-3-4-7-10-20-16(23)12-25-11-15-21-18(24)17-13-8-5-6-9-14(13)26-19(17)22-15/h2-12H2,1H3,(H,20,23)(H,21,22,24). The van der Waals surface area contributed by atoms with Gasteiger partial charge in [0.2, 0.25) is 5.91 Å². The second kappa shape index (κ2) is 9.55. The summed E-state index contributed by atoms with van der Waals surface area (Å²) in [5.74, 6) is 1.68. The molecule has 26 heavy (non-hydrogen) atoms. The number of aromatic amines is 1. The van der Waals surface area contributed by atoms with Crippen molar-refractivity contribution >= 4 is 39.2 Å². The fraction of sp³-hybridized carbons (Fsp3) is 0.632. The maximum atomic E-state index is 12.5. The quantitative estimate of drug-likeness (QED) is 0.636. The summed E-state index contributed by atoms with van der Waals surface area (Å²) in [6, 6.07) is 0. The lowest BCUT2D eigenvalue weighted by atomic mass is 9.97. The van der Waals surface area contributed by atoms with Gasteiger partial charge < -0.3 is 10.3 Å². The Bertz CT molecular complexity index is 813. The number of carbonyl (C=O) groups is 1. The van der Waals surface area contributed by atoms with Crippen molar-refractivity contribution in [2.45, 2.75) is 64.0 Å². The Balaban J connectivity index is 1.52. The fourth-order valence-electron chi connectivity index (χ4n) is 3.35. The maximum absolute atomic E-state index is 12.5. The summed E-state index contributed by atoms with van der Waals surface area (Å²) in [5.41, 5.74) is 1.19. The molecule has 0 atom stereocenters. The third-order valence-electron chi connectivity index (χ3n) is 4.70. The minimum absolute atomic E-state index is 0.0228. The molecule has 0 fully saturated rings. The maximum Gasteiger partial charge on any atom is 0.259 e. The Kier molecular flexibility index (Phi) is 7.14. The first-order valence-corrected chi connectivity index (χ1v) is 11.5. The summed E-state index contributed by atoms with van der Waals surface area (Å²) in [6.45, 7) is 2.93. The van der Waals surface area contributed by atoms with Crippen LogP contribution in [-0.4, -0.2) is 28.2 Å². The number of carbonyl (C=O) groups excluding carboxylic acids is 1. The Labute approximate surface area is 162 Å². The molecule has 2 aromatic heterocycles. The molecule has 1 amide bonds. The number of hydrogen-bond donors (Lipinski definition) is 2. The van der Waals surface area contributed by atoms with E-state index in [1.807, 2.05) is 0 Å². The highest BCUT2D eigenvalue weighted by Gasteiger charge is 2.19. The van der Waals surface area contributed by atoms with E-state index in [2.05, 4.69) is 22.2 Å². The van der Waals surface area contributed by atoms with Crippen molar-refractivity contribution in [2.24, 2.45) is 0 Å². The van der Waals surface area contributed by atoms with Crippen LogP contribution in [0.3, 0.4) is 0 Å². The normalized spacial score (nSPS) is 13.7. The molecule has 0 spiro atoms. The number of amides is 1. The number of rotatable bonds is 9. The van der Waals surface area contributed by atoms with Gasteiger partial charge in [-0.1, -0.05) is 26.2 Å². The highest BCUT2D eigenvalue weighted by molar-refractivity contribution is 7.99. The van der Waals surface area contributed by atoms with Gasteiger partial charge in [-0.05, 0) is 37.7 Å². The first-order chi connectivity index (χ1) is 12.7. The molecule has 0 saturated heterocycles. The van der Waals surface area contributed by atoms with Crippen molar-refractivity contribution in [3.05, 3.63) is 26.6 Å². The SMILES string of the molecule is CCCCCCNC(=O)CSCc1nc2sc3c(c2c(=O)[nH]1)CCCC3. The zero-order valence-electron chi connectivity index (χ0n) is 15.4. The Morgan fingerprint density at radius 3 is 2.96 bits per heavy atom. The molecule has 1 aliphatic carbocycles. The third kappa shape index (κ3) is 4.88. The van der Waals surface area contributed by atoms with Gasteiger partial charge in [0.15, 0.2) is 0 Å². The molecule has 2 heterocycles. The summed E-state index contributed by atoms with van der Waals surface area (Å²) in [5, 5.41) is 3.75. The number of thioether (sulfide) groups is 1. The lowest BCUT2D eigenvalue weighted by molar-refractivity contribution is -0.118. The van der Waals surface area contributed by atoms with Gasteiger partial charge >= 0.3 is 0 Å². The zero-order chi connectivity index (χ0) is 18.4. The Hall–Kier alpha value is -1.34. The molecule has 2 N–H and O–H groups in total. The lowest BCUT2D eigenvalue weighted by Gasteiger charge is -2.09. The van der Waals surface area contributed by atoms with Crippen LogP contribution in [0.1, 0.15) is 61.7 Å². The van der Waals surface area contributed by atoms with Crippen LogP contribution in [-0.2, 0) is 23.4 Å². The monoisotopic (exact) mass is 393 g/mol. The van der Waals surface area contributed by atoms with Crippen molar-refractivity contribution in [1.29, 1.82) is 0 Å². The first-order valence-electron chi connectivity index (χ1n) is 9.57. The number of unbranched alkanes of at least 4 members (excludes halogenated alkanes) is 3. The molecule has 3 rings (SSSR count). The molecule has 0 aliphatic heterocycles. The van der Waals surface area contributed by atoms with Crippen LogP contribution in [0.15, 0.2) is 4.79 Å². The van der Waals surface area contributed by atoms with Crippen LogP contribution in [0.25, 0.3) is 10.2 Å². The highest BCUT2D eigenvalue weighted by Crippen LogP contribution is 2.33. The van der Waals surface area contributed by atoms with Crippen LogP contribution >= 0.6 is 23.1 Å². The Morgan fingerprint density at radius 2 is 2.12 bits per heavy atom. The van der Waals surface area contributed by atoms with Crippen molar-refractivity contribution in [1.82, 2.24) is 15.3 Å². The molecular formula is C19H27N3O2S2. The van der Waals surface area contributed by atoms with Crippen molar-refractivity contribution in [3.8, 4) is 0 Å². The van der Waals surface area contributed by atoms with E-state index in [4.69, 9.17) is 0 Å². The van der Waals surface area contributed by atoms with Crippen molar-refractivity contribution in [2.75, 3.05) is 12.3 Å². The molecule has 1 aliphatic rings. The van der Waals surface area contributed by atoms with Crippen LogP contribution in [0.4, 0.5) is 0 Å². The molecule has 0 saturated carbocycles. The number of aromatic nitrogens is 2. The van der Waals surface area contributed by atoms with Gasteiger partial charge in [0.25, 0.3) is 5.56 Å². The summed E-state index contributed by atoms with van der Waals surface area (Å²) in [6.07, 6.45) is 9.05. The number of hydrogen-bond acceptors (Lipinski definition) is 5. The van der Waals surface area contributed by atoms with E-state index in [1.165, 1.54) is 47.9 Å². The summed E-state index contributed by atoms with van der Waals surface area (Å²) >= 11 is 3.16. The van der Waals surface area contributed by atoms with Crippen LogP contribution in [0.5, 0.6) is 0 Å². The van der Waals surface area contributed by atoms with Crippen LogP contribution in [0, 0.1) is 0 Å². The molecule has 0 bridgehead atoms. The fourth-order valence-corrected chi connectivity index (χ4v) is 5.35. The molecular weight excluding hydrogens is 366 g/mol. The van der Waals surface area contributed by atoms with Crippen LogP contribution < -0.4 is 10.9 Å². The molecule has 0 radical (unpaired) electrons. The number of fused-ring (bicyclic) bond motifs is 3. The molecule has 142 valence electrons. The van der Waals surface area contributed by atoms with E-state index in [1.54, 1.807) is 11.3 Å². The smallest absolute Gasteiger partial charge is 0.259 e. The van der Waals surface area contributed by atoms with Gasteiger partial charge in [-0.25, -0.2) is 4.98 Å². The lowest BCUT2D eigenvalue weighted by Crippen LogP contribution is -2.26. The number of H-pyrrole nitrogens is 1. The van der Waals surface area contributed by atoms with Crippen molar-refractivity contribution < 1.29 is 4.79 Å². The number of thiophene rings is 1. The van der Waals surface area contributed by atoms with Gasteiger partial charge in [0, 0.05) is 11.4 Å². The number of aryl methyl sites for hydroxylation is 2. The zero-order valence-corrected chi connectivity index (χ0v) is 17.0. The minimum Gasteiger partial charge on any atom is -0.355 e. The van der Waals surface area contributed by atoms with Crippen LogP contribution in [0.2, 0.25) is 0 Å². The topological polar surface area (TPSA) is 74.8 Å². The molecule has 7 heteroatoms. The largest absolute Gasteiger partial charge is 0.355 e. The van der Waals surface area contributed by atoms with E-state index in [-0.39, 0.29) is 11.5 Å². The highest BCUT2D eigenvalue weighted by atomic mass is 32.2. The van der Waals surface area contributed by atoms with Gasteiger partial charge in [-0.2, -0.15) is 0 Å². The predicted octanol–water partition coefficient (Wildman–Crippen LogP) is 3.79. The van der Waals surface area contributed by atoms with Gasteiger partial charge in [-0.3, -0.25) is 9.59 Å². The Morgan fingerprint density at radius 1 is 1.27 bits per heavy atom. The third-order valence-corrected chi connectivity index (χ3v) is 6.83. The molecule has 2 aromatic rings. The van der Waals surface area contributed by atoms with E-state index in [0.717, 1.165) is 42.4 Å². The van der Waals surface area contributed by atoms with E-state index in [9.17, 15) is 9.59 Å². The average Bonchev–Trinajstić information content (AvgIpc) is 3.00. The first kappa shape index (κ1) is 19.4. The second-order valence-corrected chi connectivity index (χ2v) is 8.88. The molecule has 0 unspecified atom stereocenters. The molecule has 5 nitrogen and oxygen atoms in total. The van der Waals surface area contributed by atoms with E-state index >= 15 is 0 Å². The van der Waals surface area contributed by atoms with Gasteiger partial charge in [0.1, 0.15) is 10.7 Å². The molecule has 0 aromatic carbocycles. The average molecular weight is 394 g/mol. The van der Waals surface area contributed by atoms with Gasteiger partial charge in [-0.15, -0.1) is 23.1 Å². The number of nitrogens with one attached hydrogen (secondary N) is 2. The summed E-state index contributed by atoms with van der Waals surface area (Å²) in [4.78, 5) is 34.1. The second-order valence-electron chi connectivity index (χ2n) is 6.81. The number of nitrogens with zero attached hydrogens (tertiary/aromatic N) is 1. The van der Waals surface area contributed by atoms with Crippen molar-refractivity contribution in [3.63, 3.8) is 0 Å². The predicted molar refractivity (Wildman–Crippen MR) is 110 cm³/mol. The van der Waals surface area contributed by atoms with Gasteiger partial charge in [0.05, 0.1) is 16.9 Å². The van der Waals surface area contributed by atoms with E-state index in [0.29, 0.717) is 17.3 Å².